The van der Waals surface area contributed by atoms with E-state index in [1.54, 1.807) is 18.3 Å². The molecule has 0 saturated carbocycles. The minimum atomic E-state index is 0.436. The first kappa shape index (κ1) is 12.6. The van der Waals surface area contributed by atoms with Gasteiger partial charge in [-0.15, -0.1) is 0 Å². The lowest BCUT2D eigenvalue weighted by molar-refractivity contribution is 0.385. The number of hydrogen-bond donors (Lipinski definition) is 1. The number of anilines is 1. The summed E-state index contributed by atoms with van der Waals surface area (Å²) in [4.78, 5) is 8.45. The van der Waals surface area contributed by atoms with Crippen molar-refractivity contribution in [3.8, 4) is 11.5 Å². The number of nitrogens with zero attached hydrogens (tertiary/aromatic N) is 3. The predicted molar refractivity (Wildman–Crippen MR) is 76.2 cm³/mol. The Labute approximate surface area is 120 Å². The average Bonchev–Trinajstić information content (AvgIpc) is 2.91. The summed E-state index contributed by atoms with van der Waals surface area (Å²) in [5, 5.41) is 4.47. The summed E-state index contributed by atoms with van der Waals surface area (Å²) in [5.74, 6) is 0.931. The first-order valence-electron chi connectivity index (χ1n) is 6.00. The van der Waals surface area contributed by atoms with Crippen molar-refractivity contribution in [2.24, 2.45) is 0 Å². The first-order chi connectivity index (χ1) is 9.72. The lowest BCUT2D eigenvalue weighted by Crippen LogP contribution is -1.95. The molecule has 2 N–H and O–H groups in total. The average molecular weight is 287 g/mol. The molecule has 0 amide bonds. The molecular formula is C14H11ClN4O. The highest BCUT2D eigenvalue weighted by Gasteiger charge is 2.11. The third kappa shape index (κ3) is 2.62. The number of benzene rings is 1. The molecule has 0 radical (unpaired) electrons. The number of nitrogen functional groups attached to an aromatic ring is 1. The van der Waals surface area contributed by atoms with Crippen LogP contribution < -0.4 is 5.73 Å². The summed E-state index contributed by atoms with van der Waals surface area (Å²) >= 11 is 5.79. The number of aromatic nitrogens is 3. The second-order valence-corrected chi connectivity index (χ2v) is 4.69. The molecule has 2 aromatic heterocycles. The highest BCUT2D eigenvalue weighted by atomic mass is 35.5. The van der Waals surface area contributed by atoms with Crippen molar-refractivity contribution in [3.63, 3.8) is 0 Å². The van der Waals surface area contributed by atoms with Gasteiger partial charge in [0.25, 0.3) is 0 Å². The van der Waals surface area contributed by atoms with Gasteiger partial charge in [0.05, 0.1) is 11.4 Å². The fourth-order valence-corrected chi connectivity index (χ4v) is 1.91. The molecule has 0 aliphatic carbocycles. The Balaban J connectivity index is 1.84. The van der Waals surface area contributed by atoms with Crippen LogP contribution in [0.2, 0.25) is 5.02 Å². The number of rotatable bonds is 3. The molecule has 0 aliphatic heterocycles. The van der Waals surface area contributed by atoms with E-state index in [0.717, 1.165) is 5.56 Å². The van der Waals surface area contributed by atoms with E-state index >= 15 is 0 Å². The maximum atomic E-state index is 5.89. The van der Waals surface area contributed by atoms with E-state index in [4.69, 9.17) is 21.9 Å². The monoisotopic (exact) mass is 286 g/mol. The summed E-state index contributed by atoms with van der Waals surface area (Å²) in [6.07, 6.45) is 2.04. The maximum absolute atomic E-state index is 5.89. The summed E-state index contributed by atoms with van der Waals surface area (Å²) in [5.41, 5.74) is 8.16. The van der Waals surface area contributed by atoms with Crippen molar-refractivity contribution in [2.75, 3.05) is 5.73 Å². The summed E-state index contributed by atoms with van der Waals surface area (Å²) < 4.78 is 5.22. The summed E-state index contributed by atoms with van der Waals surface area (Å²) in [6, 6.07) is 11.1. The van der Waals surface area contributed by atoms with E-state index in [-0.39, 0.29) is 0 Å². The van der Waals surface area contributed by atoms with Crippen LogP contribution >= 0.6 is 11.6 Å². The molecular weight excluding hydrogens is 276 g/mol. The van der Waals surface area contributed by atoms with Gasteiger partial charge in [-0.3, -0.25) is 4.98 Å². The first-order valence-corrected chi connectivity index (χ1v) is 6.38. The van der Waals surface area contributed by atoms with Crippen molar-refractivity contribution >= 4 is 17.3 Å². The Hall–Kier alpha value is -2.40. The molecule has 0 bridgehead atoms. The second kappa shape index (κ2) is 5.30. The fraction of sp³-hybridized carbons (Fsp3) is 0.0714. The Morgan fingerprint density at radius 2 is 2.00 bits per heavy atom. The number of hydrogen-bond acceptors (Lipinski definition) is 5. The Morgan fingerprint density at radius 3 is 2.75 bits per heavy atom. The van der Waals surface area contributed by atoms with Crippen LogP contribution in [0.25, 0.3) is 11.5 Å². The molecule has 0 spiro atoms. The lowest BCUT2D eigenvalue weighted by Gasteiger charge is -2.00. The van der Waals surface area contributed by atoms with Gasteiger partial charge in [0.15, 0.2) is 0 Å². The molecule has 5 nitrogen and oxygen atoms in total. The van der Waals surface area contributed by atoms with Gasteiger partial charge in [-0.25, -0.2) is 0 Å². The minimum Gasteiger partial charge on any atom is -0.398 e. The van der Waals surface area contributed by atoms with Gasteiger partial charge < -0.3 is 10.3 Å². The molecule has 0 unspecified atom stereocenters. The van der Waals surface area contributed by atoms with E-state index in [9.17, 15) is 0 Å². The Bertz CT molecular complexity index is 724. The molecule has 20 heavy (non-hydrogen) atoms. The number of nitrogens with two attached hydrogens (primary N) is 1. The van der Waals surface area contributed by atoms with E-state index in [2.05, 4.69) is 15.1 Å². The molecule has 100 valence electrons. The van der Waals surface area contributed by atoms with E-state index in [1.807, 2.05) is 24.3 Å². The van der Waals surface area contributed by atoms with Gasteiger partial charge in [-0.1, -0.05) is 35.0 Å². The standard InChI is InChI=1S/C14H11ClN4O/c15-10-5-6-12(17-8-10)14-18-13(20-19-14)7-9-3-1-2-4-11(9)16/h1-6,8H,7,16H2. The topological polar surface area (TPSA) is 77.8 Å². The molecule has 0 aliphatic rings. The van der Waals surface area contributed by atoms with Gasteiger partial charge in [0, 0.05) is 11.9 Å². The molecule has 6 heteroatoms. The van der Waals surface area contributed by atoms with Gasteiger partial charge >= 0.3 is 0 Å². The van der Waals surface area contributed by atoms with Crippen molar-refractivity contribution in [2.45, 2.75) is 6.42 Å². The Kier molecular flexibility index (Phi) is 3.35. The summed E-state index contributed by atoms with van der Waals surface area (Å²) in [6.45, 7) is 0. The van der Waals surface area contributed by atoms with Crippen LogP contribution in [0.3, 0.4) is 0 Å². The third-order valence-corrected chi connectivity index (χ3v) is 3.04. The van der Waals surface area contributed by atoms with Crippen molar-refractivity contribution < 1.29 is 4.52 Å². The van der Waals surface area contributed by atoms with Crippen molar-refractivity contribution in [3.05, 3.63) is 59.1 Å². The van der Waals surface area contributed by atoms with Crippen molar-refractivity contribution in [1.82, 2.24) is 15.1 Å². The van der Waals surface area contributed by atoms with Gasteiger partial charge in [0.1, 0.15) is 5.69 Å². The van der Waals surface area contributed by atoms with Crippen LogP contribution in [0.5, 0.6) is 0 Å². The SMILES string of the molecule is Nc1ccccc1Cc1nc(-c2ccc(Cl)cn2)no1. The van der Waals surface area contributed by atoms with Gasteiger partial charge in [0.2, 0.25) is 11.7 Å². The lowest BCUT2D eigenvalue weighted by atomic mass is 10.1. The van der Waals surface area contributed by atoms with Crippen LogP contribution in [0, 0.1) is 0 Å². The van der Waals surface area contributed by atoms with Crippen LogP contribution in [-0.2, 0) is 6.42 Å². The molecule has 3 aromatic rings. The van der Waals surface area contributed by atoms with E-state index < -0.39 is 0 Å². The van der Waals surface area contributed by atoms with Crippen LogP contribution in [0.15, 0.2) is 47.1 Å². The molecule has 1 aromatic carbocycles. The normalized spacial score (nSPS) is 10.7. The Morgan fingerprint density at radius 1 is 1.15 bits per heavy atom. The van der Waals surface area contributed by atoms with Crippen LogP contribution in [-0.4, -0.2) is 15.1 Å². The van der Waals surface area contributed by atoms with Crippen molar-refractivity contribution in [1.29, 1.82) is 0 Å². The van der Waals surface area contributed by atoms with Crippen LogP contribution in [0.1, 0.15) is 11.5 Å². The zero-order chi connectivity index (χ0) is 13.9. The van der Waals surface area contributed by atoms with Gasteiger partial charge in [-0.2, -0.15) is 4.98 Å². The highest BCUT2D eigenvalue weighted by molar-refractivity contribution is 6.30. The number of halogens is 1. The smallest absolute Gasteiger partial charge is 0.231 e. The fourth-order valence-electron chi connectivity index (χ4n) is 1.80. The number of para-hydroxylation sites is 1. The van der Waals surface area contributed by atoms with Crippen LogP contribution in [0.4, 0.5) is 5.69 Å². The number of pyridine rings is 1. The molecule has 2 heterocycles. The third-order valence-electron chi connectivity index (χ3n) is 2.82. The summed E-state index contributed by atoms with van der Waals surface area (Å²) in [7, 11) is 0. The quantitative estimate of drug-likeness (QED) is 0.749. The highest BCUT2D eigenvalue weighted by Crippen LogP contribution is 2.18. The second-order valence-electron chi connectivity index (χ2n) is 4.25. The van der Waals surface area contributed by atoms with E-state index in [0.29, 0.717) is 34.5 Å². The largest absolute Gasteiger partial charge is 0.398 e. The van der Waals surface area contributed by atoms with Gasteiger partial charge in [-0.05, 0) is 23.8 Å². The zero-order valence-electron chi connectivity index (χ0n) is 10.5. The molecule has 0 atom stereocenters. The molecule has 0 saturated heterocycles. The maximum Gasteiger partial charge on any atom is 0.231 e. The molecule has 3 rings (SSSR count). The molecule has 0 fully saturated rings. The zero-order valence-corrected chi connectivity index (χ0v) is 11.2. The van der Waals surface area contributed by atoms with E-state index in [1.165, 1.54) is 0 Å². The minimum absolute atomic E-state index is 0.436. The predicted octanol–water partition coefficient (Wildman–Crippen LogP) is 2.96.